The summed E-state index contributed by atoms with van der Waals surface area (Å²) in [5.74, 6) is 16.1. The van der Waals surface area contributed by atoms with Gasteiger partial charge in [-0.2, -0.15) is 4.98 Å². The van der Waals surface area contributed by atoms with E-state index in [4.69, 9.17) is 45.6 Å². The summed E-state index contributed by atoms with van der Waals surface area (Å²) in [6.07, 6.45) is 29.3. The summed E-state index contributed by atoms with van der Waals surface area (Å²) in [5, 5.41) is 13.1. The number of anilines is 7. The summed E-state index contributed by atoms with van der Waals surface area (Å²) in [6, 6.07) is 10.7. The maximum atomic E-state index is 6.28. The zero-order valence-corrected chi connectivity index (χ0v) is 67.6. The first kappa shape index (κ1) is 81.7. The molecule has 0 amide bonds. The summed E-state index contributed by atoms with van der Waals surface area (Å²) < 4.78 is 35.5. The standard InChI is InChI=1S/C19H27N5O.C19H24N4O.C17H20N4O2.C16H18N4O.C14H17N5O/c1-11(2)8-22-18-17(10-23-19(20)24-18)25-16-7-15(13-5-6-13)21-9-14(16)12(3)4;1-11(2)15-9-21-16(13-4-5-13)8-17(15)24-18-10-20-12(3)22-19(18)23-14-6-7-14;1-10(2)13-8-19-16(22-4)7-14(13)23-15-9-18-11(3)20-17(15)21-12-5-6-12;1-9(2)12-7-19-13(11-4-5-11)6-14(12)21-15-8-18-10(3)20-16(15)17;1-8(2)10-6-18-13(16-4)5-11(10)20-12-7-17-9(3)19-14(12)15/h7,9-13H,5-6,8H2,1-4H3,(H3,20,22,23,24);8-11,13-14H,4-7H2,1-3H3,(H,20,22,23);7-9,12H,1,5-6H2,2-4H3,(H,18,20,21);6-8,11H,1,4-5H2,2-3H3,(H2,17,18,20);5-7H,1H2,2-4H3,(H,16,18)(H2,15,17,19). The fourth-order valence-electron chi connectivity index (χ4n) is 11.3. The predicted molar refractivity (Wildman–Crippen MR) is 445 cm³/mol. The van der Waals surface area contributed by atoms with E-state index in [0.717, 1.165) is 104 Å². The van der Waals surface area contributed by atoms with E-state index in [0.29, 0.717) is 146 Å². The van der Waals surface area contributed by atoms with Gasteiger partial charge in [0.05, 0.1) is 38.1 Å². The minimum atomic E-state index is 0.232. The normalized spacial score (nSPS) is 13.9. The predicted octanol–water partition coefficient (Wildman–Crippen LogP) is 18.5. The molecule has 5 aliphatic carbocycles. The highest BCUT2D eigenvalue weighted by Crippen LogP contribution is 2.46. The van der Waals surface area contributed by atoms with Gasteiger partial charge in [0, 0.05) is 150 Å². The number of ether oxygens (including phenoxy) is 6. The van der Waals surface area contributed by atoms with Gasteiger partial charge in [-0.15, -0.1) is 0 Å². The molecular weight excluding hydrogens is 1430 g/mol. The second-order valence-corrected chi connectivity index (χ2v) is 30.1. The van der Waals surface area contributed by atoms with Crippen LogP contribution in [-0.4, -0.2) is 108 Å². The number of allylic oxidation sites excluding steroid dienone is 3. The second-order valence-electron chi connectivity index (χ2n) is 30.1. The highest BCUT2D eigenvalue weighted by atomic mass is 16.5. The SMILES string of the molecule is C=C(C)c1cnc(C2CC2)cc1Oc1cnc(C)nc1N.C=C(C)c1cnc(NC)cc1Oc1cnc(C)nc1N.C=C(C)c1cnc(OC)cc1Oc1cnc(C)nc1NC1CC1.CC(C)CNc1nc(N)ncc1Oc1cc(C2CC2)ncc1C(C)C.Cc1ncc(Oc2cc(C3CC3)ncc2C(C)C)c(NC2CC2)n1. The van der Waals surface area contributed by atoms with Gasteiger partial charge in [0.1, 0.15) is 57.9 Å². The summed E-state index contributed by atoms with van der Waals surface area (Å²) in [6.45, 7) is 38.6. The molecular formula is C85H106N22O6. The van der Waals surface area contributed by atoms with Crippen LogP contribution < -0.4 is 66.9 Å². The molecule has 5 saturated carbocycles. The van der Waals surface area contributed by atoms with Crippen molar-refractivity contribution in [2.24, 2.45) is 5.92 Å². The van der Waals surface area contributed by atoms with Gasteiger partial charge >= 0.3 is 0 Å². The molecule has 113 heavy (non-hydrogen) atoms. The molecule has 28 heteroatoms. The number of pyridine rings is 5. The molecule has 15 rings (SSSR count). The topological polar surface area (TPSA) is 375 Å². The van der Waals surface area contributed by atoms with Crippen molar-refractivity contribution in [2.45, 2.75) is 196 Å². The Morgan fingerprint density at radius 1 is 0.407 bits per heavy atom. The first-order valence-electron chi connectivity index (χ1n) is 38.5. The van der Waals surface area contributed by atoms with Gasteiger partial charge in [0.2, 0.25) is 11.8 Å². The number of aromatic nitrogens is 15. The Labute approximate surface area is 662 Å². The largest absolute Gasteiger partial charge is 0.481 e. The van der Waals surface area contributed by atoms with Gasteiger partial charge in [-0.1, -0.05) is 61.3 Å². The summed E-state index contributed by atoms with van der Waals surface area (Å²) in [4.78, 5) is 64.5. The lowest BCUT2D eigenvalue weighted by atomic mass is 10.0. The third-order valence-electron chi connectivity index (χ3n) is 18.4. The van der Waals surface area contributed by atoms with Crippen LogP contribution in [0.5, 0.6) is 63.4 Å². The highest BCUT2D eigenvalue weighted by Gasteiger charge is 2.31. The number of nitrogens with two attached hydrogens (primary N) is 3. The summed E-state index contributed by atoms with van der Waals surface area (Å²) in [5.41, 5.74) is 28.1. The number of nitrogen functional groups attached to an aromatic ring is 3. The molecule has 0 aromatic carbocycles. The zero-order valence-electron chi connectivity index (χ0n) is 67.6. The first-order valence-corrected chi connectivity index (χ1v) is 38.5. The molecule has 10 N–H and O–H groups in total. The Morgan fingerprint density at radius 3 is 1.17 bits per heavy atom. The van der Waals surface area contributed by atoms with E-state index >= 15 is 0 Å². The number of methoxy groups -OCH3 is 1. The van der Waals surface area contributed by atoms with Crippen molar-refractivity contribution in [2.75, 3.05) is 59.2 Å². The molecule has 0 aliphatic heterocycles. The van der Waals surface area contributed by atoms with Crippen molar-refractivity contribution in [3.63, 3.8) is 0 Å². The molecule has 28 nitrogen and oxygen atoms in total. The van der Waals surface area contributed by atoms with Crippen LogP contribution in [0.1, 0.15) is 224 Å². The number of nitrogens with zero attached hydrogens (tertiary/aromatic N) is 15. The molecule has 0 spiro atoms. The second kappa shape index (κ2) is 37.2. The van der Waals surface area contributed by atoms with Crippen LogP contribution in [0.4, 0.5) is 40.9 Å². The molecule has 0 bridgehead atoms. The fraction of sp³-hybridized carbons (Fsp3) is 0.400. The molecule has 10 aromatic heterocycles. The van der Waals surface area contributed by atoms with Crippen LogP contribution in [0, 0.1) is 33.6 Å². The fourth-order valence-corrected chi connectivity index (χ4v) is 11.3. The smallest absolute Gasteiger partial charge is 0.222 e. The van der Waals surface area contributed by atoms with Gasteiger partial charge < -0.3 is 66.9 Å². The van der Waals surface area contributed by atoms with E-state index in [1.165, 1.54) is 51.4 Å². The molecule has 0 atom stereocenters. The van der Waals surface area contributed by atoms with Gasteiger partial charge in [-0.25, -0.2) is 54.8 Å². The van der Waals surface area contributed by atoms with Gasteiger partial charge in [-0.05, 0) is 147 Å². The lowest BCUT2D eigenvalue weighted by Gasteiger charge is -2.17. The summed E-state index contributed by atoms with van der Waals surface area (Å²) >= 11 is 0. The molecule has 592 valence electrons. The maximum Gasteiger partial charge on any atom is 0.222 e. The first-order chi connectivity index (χ1) is 54.1. The van der Waals surface area contributed by atoms with E-state index < -0.39 is 0 Å². The minimum absolute atomic E-state index is 0.232. The van der Waals surface area contributed by atoms with Crippen LogP contribution in [-0.2, 0) is 0 Å². The molecule has 5 fully saturated rings. The molecule has 10 heterocycles. The van der Waals surface area contributed by atoms with Gasteiger partial charge in [0.25, 0.3) is 0 Å². The molecule has 0 saturated heterocycles. The van der Waals surface area contributed by atoms with E-state index in [9.17, 15) is 0 Å². The zero-order chi connectivity index (χ0) is 80.7. The van der Waals surface area contributed by atoms with Crippen molar-refractivity contribution < 1.29 is 28.4 Å². The van der Waals surface area contributed by atoms with Crippen molar-refractivity contribution in [3.05, 3.63) is 180 Å². The minimum Gasteiger partial charge on any atom is -0.481 e. The van der Waals surface area contributed by atoms with Crippen molar-refractivity contribution >= 4 is 57.6 Å². The van der Waals surface area contributed by atoms with E-state index in [-0.39, 0.29) is 5.95 Å². The molecule has 10 aromatic rings. The molecule has 5 aliphatic rings. The summed E-state index contributed by atoms with van der Waals surface area (Å²) in [7, 11) is 3.36. The lowest BCUT2D eigenvalue weighted by molar-refractivity contribution is 0.392. The highest BCUT2D eigenvalue weighted by molar-refractivity contribution is 5.71. The van der Waals surface area contributed by atoms with Gasteiger partial charge in [-0.3, -0.25) is 15.0 Å². The Kier molecular flexibility index (Phi) is 26.9. The number of nitrogens with one attached hydrogen (secondary N) is 4. The molecule has 0 radical (unpaired) electrons. The van der Waals surface area contributed by atoms with Crippen LogP contribution in [0.2, 0.25) is 0 Å². The number of hydrogen-bond donors (Lipinski definition) is 7. The average Bonchev–Trinajstić information content (AvgIpc) is 1.62. The van der Waals surface area contributed by atoms with E-state index in [1.54, 1.807) is 83.5 Å². The molecule has 0 unspecified atom stereocenters. The van der Waals surface area contributed by atoms with Crippen molar-refractivity contribution in [1.29, 1.82) is 0 Å². The van der Waals surface area contributed by atoms with Crippen LogP contribution in [0.3, 0.4) is 0 Å². The van der Waals surface area contributed by atoms with E-state index in [1.807, 2.05) is 59.3 Å². The Hall–Kier alpha value is -12.2. The lowest BCUT2D eigenvalue weighted by Crippen LogP contribution is -2.11. The quantitative estimate of drug-likeness (QED) is 0.0251. The third-order valence-corrected chi connectivity index (χ3v) is 18.4. The maximum absolute atomic E-state index is 6.28. The van der Waals surface area contributed by atoms with E-state index in [2.05, 4.69) is 169 Å². The average molecular weight is 1530 g/mol. The van der Waals surface area contributed by atoms with Crippen molar-refractivity contribution in [3.8, 4) is 63.4 Å². The van der Waals surface area contributed by atoms with Gasteiger partial charge in [0.15, 0.2) is 57.8 Å². The monoisotopic (exact) mass is 1530 g/mol. The number of aryl methyl sites for hydroxylation is 4. The Morgan fingerprint density at radius 2 is 0.770 bits per heavy atom. The number of rotatable bonds is 27. The number of hydrogen-bond acceptors (Lipinski definition) is 28. The van der Waals surface area contributed by atoms with Crippen LogP contribution in [0.15, 0.2) is 112 Å². The third kappa shape index (κ3) is 23.4. The van der Waals surface area contributed by atoms with Crippen molar-refractivity contribution in [1.82, 2.24) is 74.8 Å². The Balaban J connectivity index is 0.000000140. The van der Waals surface area contributed by atoms with Crippen LogP contribution >= 0.6 is 0 Å². The Bertz CT molecular complexity index is 5040. The van der Waals surface area contributed by atoms with Crippen LogP contribution in [0.25, 0.3) is 16.7 Å².